The smallest absolute Gasteiger partial charge is 0.324 e. The summed E-state index contributed by atoms with van der Waals surface area (Å²) in [4.78, 5) is 20.8. The third kappa shape index (κ3) is 4.78. The predicted octanol–water partition coefficient (Wildman–Crippen LogP) is 3.65. The molecule has 1 aromatic heterocycles. The van der Waals surface area contributed by atoms with E-state index in [9.17, 15) is 13.4 Å². The molecule has 0 spiro atoms. The molecule has 0 aliphatic carbocycles. The minimum absolute atomic E-state index is 0.0770. The van der Waals surface area contributed by atoms with Crippen molar-refractivity contribution in [3.8, 4) is 0 Å². The molecule has 3 rings (SSSR count). The number of amides is 2. The molecular formula is C17H18ClFN6O4S. The van der Waals surface area contributed by atoms with Crippen molar-refractivity contribution in [2.24, 2.45) is 0 Å². The molecule has 0 fully saturated rings. The lowest BCUT2D eigenvalue weighted by Crippen LogP contribution is -2.23. The molecule has 0 bridgehead atoms. The van der Waals surface area contributed by atoms with Gasteiger partial charge in [0.15, 0.2) is 11.6 Å². The van der Waals surface area contributed by atoms with Gasteiger partial charge in [0.25, 0.3) is 11.3 Å². The number of halogens is 2. The maximum atomic E-state index is 14.6. The molecule has 0 saturated carbocycles. The van der Waals surface area contributed by atoms with E-state index in [2.05, 4.69) is 25.9 Å². The van der Waals surface area contributed by atoms with Crippen LogP contribution in [0, 0.1) is 5.82 Å². The number of fused-ring (bicyclic) bond motifs is 1. The molecule has 2 atom stereocenters. The molecule has 1 aliphatic rings. The second kappa shape index (κ2) is 9.24. The Morgan fingerprint density at radius 3 is 2.87 bits per heavy atom. The van der Waals surface area contributed by atoms with Crippen molar-refractivity contribution < 1.29 is 22.7 Å². The predicted molar refractivity (Wildman–Crippen MR) is 113 cm³/mol. The van der Waals surface area contributed by atoms with Crippen molar-refractivity contribution in [1.29, 1.82) is 0 Å². The average molecular weight is 457 g/mol. The summed E-state index contributed by atoms with van der Waals surface area (Å²) in [5, 5.41) is 7.90. The van der Waals surface area contributed by atoms with E-state index >= 15 is 0 Å². The normalized spacial score (nSPS) is 16.3. The summed E-state index contributed by atoms with van der Waals surface area (Å²) in [7, 11) is 1.49. The minimum atomic E-state index is -2.50. The van der Waals surface area contributed by atoms with Gasteiger partial charge in [-0.1, -0.05) is 11.6 Å². The van der Waals surface area contributed by atoms with Crippen LogP contribution < -0.4 is 20.7 Å². The summed E-state index contributed by atoms with van der Waals surface area (Å²) < 4.78 is 41.8. The fourth-order valence-electron chi connectivity index (χ4n) is 2.78. The minimum Gasteiger partial charge on any atom is -0.496 e. The maximum Gasteiger partial charge on any atom is 0.324 e. The monoisotopic (exact) mass is 456 g/mol. The molecule has 30 heavy (non-hydrogen) atoms. The van der Waals surface area contributed by atoms with Gasteiger partial charge in [-0.3, -0.25) is 14.6 Å². The average Bonchev–Trinajstić information content (AvgIpc) is 2.85. The molecule has 1 aliphatic heterocycles. The number of nitrogens with zero attached hydrogens (tertiary/aromatic N) is 2. The SMILES string of the molecule is COC1=CCC(C)Nc2ncnc(NC(=O)Nc3c(Cl)ccc(NS(=O)O)c3F)c21. The first-order valence-corrected chi connectivity index (χ1v) is 10.1. The summed E-state index contributed by atoms with van der Waals surface area (Å²) in [6.45, 7) is 1.96. The summed E-state index contributed by atoms with van der Waals surface area (Å²) in [5.41, 5.74) is -0.245. The zero-order valence-corrected chi connectivity index (χ0v) is 17.4. The van der Waals surface area contributed by atoms with E-state index in [4.69, 9.17) is 20.9 Å². The molecule has 2 heterocycles. The van der Waals surface area contributed by atoms with E-state index in [1.807, 2.05) is 17.7 Å². The Hall–Kier alpha value is -2.96. The molecule has 160 valence electrons. The van der Waals surface area contributed by atoms with E-state index in [-0.39, 0.29) is 28.3 Å². The molecule has 2 amide bonds. The topological polar surface area (TPSA) is 138 Å². The number of aromatic nitrogens is 2. The van der Waals surface area contributed by atoms with Crippen LogP contribution in [-0.4, -0.2) is 37.9 Å². The van der Waals surface area contributed by atoms with Gasteiger partial charge in [-0.15, -0.1) is 0 Å². The summed E-state index contributed by atoms with van der Waals surface area (Å²) >= 11 is 3.47. The number of urea groups is 1. The number of methoxy groups -OCH3 is 1. The zero-order valence-electron chi connectivity index (χ0n) is 15.8. The Morgan fingerprint density at radius 1 is 1.40 bits per heavy atom. The highest BCUT2D eigenvalue weighted by Crippen LogP contribution is 2.33. The largest absolute Gasteiger partial charge is 0.496 e. The van der Waals surface area contributed by atoms with Crippen LogP contribution in [0.3, 0.4) is 0 Å². The molecular weight excluding hydrogens is 439 g/mol. The van der Waals surface area contributed by atoms with Crippen LogP contribution in [0.5, 0.6) is 0 Å². The van der Waals surface area contributed by atoms with Crippen LogP contribution >= 0.6 is 11.6 Å². The number of hydrogen-bond donors (Lipinski definition) is 5. The highest BCUT2D eigenvalue weighted by atomic mass is 35.5. The standard InChI is InChI=1S/C17H18ClFN6O4S/c1-8-3-6-11(29-2)12-15(22-8)20-7-21-16(12)24-17(26)23-14-9(18)4-5-10(13(14)19)25-30(27)28/h4-8,25H,3H2,1-2H3,(H,27,28)(H3,20,21,22,23,24,26). The Balaban J connectivity index is 1.88. The van der Waals surface area contributed by atoms with Crippen molar-refractivity contribution in [1.82, 2.24) is 9.97 Å². The molecule has 0 saturated heterocycles. The maximum absolute atomic E-state index is 14.6. The van der Waals surface area contributed by atoms with Crippen molar-refractivity contribution in [2.45, 2.75) is 19.4 Å². The Bertz CT molecular complexity index is 1040. The molecule has 1 aromatic carbocycles. The first-order valence-electron chi connectivity index (χ1n) is 8.59. The van der Waals surface area contributed by atoms with Gasteiger partial charge in [0.1, 0.15) is 23.5 Å². The lowest BCUT2D eigenvalue weighted by molar-refractivity contribution is 0.262. The Kier molecular flexibility index (Phi) is 6.70. The fraction of sp³-hybridized carbons (Fsp3) is 0.235. The first-order chi connectivity index (χ1) is 14.3. The van der Waals surface area contributed by atoms with Crippen LogP contribution in [0.25, 0.3) is 5.76 Å². The second-order valence-corrected chi connectivity index (χ2v) is 7.32. The van der Waals surface area contributed by atoms with E-state index in [1.54, 1.807) is 0 Å². The molecule has 5 N–H and O–H groups in total. The van der Waals surface area contributed by atoms with Gasteiger partial charge in [-0.25, -0.2) is 23.4 Å². The molecule has 13 heteroatoms. The van der Waals surface area contributed by atoms with Crippen LogP contribution in [0.4, 0.5) is 32.2 Å². The number of rotatable bonds is 5. The number of anilines is 4. The van der Waals surface area contributed by atoms with E-state index < -0.39 is 23.1 Å². The van der Waals surface area contributed by atoms with Crippen molar-refractivity contribution >= 4 is 57.7 Å². The first kappa shape index (κ1) is 21.7. The van der Waals surface area contributed by atoms with Crippen molar-refractivity contribution in [2.75, 3.05) is 27.8 Å². The number of carbonyl (C=O) groups excluding carboxylic acids is 1. The Labute approximate surface area is 178 Å². The third-order valence-corrected chi connectivity index (χ3v) is 4.82. The summed E-state index contributed by atoms with van der Waals surface area (Å²) in [5.74, 6) is 0.0711. The summed E-state index contributed by atoms with van der Waals surface area (Å²) in [6, 6.07) is 1.67. The van der Waals surface area contributed by atoms with Crippen LogP contribution in [0.15, 0.2) is 24.5 Å². The van der Waals surface area contributed by atoms with Gasteiger partial charge in [0, 0.05) is 6.04 Å². The second-order valence-electron chi connectivity index (χ2n) is 6.21. The van der Waals surface area contributed by atoms with E-state index in [1.165, 1.54) is 25.6 Å². The summed E-state index contributed by atoms with van der Waals surface area (Å²) in [6.07, 6.45) is 3.77. The molecule has 10 nitrogen and oxygen atoms in total. The van der Waals surface area contributed by atoms with Crippen molar-refractivity contribution in [3.63, 3.8) is 0 Å². The van der Waals surface area contributed by atoms with Gasteiger partial charge in [0.2, 0.25) is 0 Å². The van der Waals surface area contributed by atoms with Crippen molar-refractivity contribution in [3.05, 3.63) is 40.9 Å². The lowest BCUT2D eigenvalue weighted by atomic mass is 10.2. The number of ether oxygens (including phenoxy) is 1. The lowest BCUT2D eigenvalue weighted by Gasteiger charge is -2.16. The number of benzene rings is 1. The van der Waals surface area contributed by atoms with Crippen LogP contribution in [0.2, 0.25) is 5.02 Å². The van der Waals surface area contributed by atoms with Gasteiger partial charge < -0.3 is 15.4 Å². The van der Waals surface area contributed by atoms with E-state index in [0.29, 0.717) is 23.6 Å². The van der Waals surface area contributed by atoms with Gasteiger partial charge >= 0.3 is 6.03 Å². The number of nitrogens with one attached hydrogen (secondary N) is 4. The molecule has 0 radical (unpaired) electrons. The zero-order chi connectivity index (χ0) is 21.8. The number of carbonyl (C=O) groups is 1. The van der Waals surface area contributed by atoms with Crippen LogP contribution in [0.1, 0.15) is 18.9 Å². The fourth-order valence-corrected chi connectivity index (χ4v) is 3.32. The quantitative estimate of drug-likeness (QED) is 0.433. The van der Waals surface area contributed by atoms with Gasteiger partial charge in [-0.2, -0.15) is 0 Å². The van der Waals surface area contributed by atoms with Crippen LogP contribution in [-0.2, 0) is 16.0 Å². The van der Waals surface area contributed by atoms with Gasteiger partial charge in [-0.05, 0) is 31.6 Å². The number of hydrogen-bond acceptors (Lipinski definition) is 6. The molecule has 2 unspecified atom stereocenters. The van der Waals surface area contributed by atoms with E-state index in [0.717, 1.165) is 0 Å². The highest BCUT2D eigenvalue weighted by Gasteiger charge is 2.23. The highest BCUT2D eigenvalue weighted by molar-refractivity contribution is 7.80. The Morgan fingerprint density at radius 2 is 2.17 bits per heavy atom. The third-order valence-electron chi connectivity index (χ3n) is 4.11. The van der Waals surface area contributed by atoms with Gasteiger partial charge in [0.05, 0.1) is 23.5 Å². The molecule has 2 aromatic rings.